The molecule has 4 aromatic rings. The van der Waals surface area contributed by atoms with Crippen LogP contribution in [0.3, 0.4) is 0 Å². The molecular formula is C26H26ClIN4S. The lowest BCUT2D eigenvalue weighted by Crippen LogP contribution is -2.27. The van der Waals surface area contributed by atoms with Crippen LogP contribution < -0.4 is 0 Å². The summed E-state index contributed by atoms with van der Waals surface area (Å²) in [6, 6.07) is 28.8. The molecule has 0 saturated carbocycles. The van der Waals surface area contributed by atoms with Crippen LogP contribution in [0.15, 0.2) is 102 Å². The number of amidine groups is 1. The minimum Gasteiger partial charge on any atom is -0.343 e. The number of aliphatic imine (C=N–C) groups is 1. The van der Waals surface area contributed by atoms with Crippen molar-refractivity contribution in [2.24, 2.45) is 4.99 Å². The van der Waals surface area contributed by atoms with Gasteiger partial charge in [-0.25, -0.2) is 4.99 Å². The second kappa shape index (κ2) is 12.8. The number of benzene rings is 3. The Morgan fingerprint density at radius 2 is 1.52 bits per heavy atom. The number of hydrogen-bond donors (Lipinski definition) is 0. The van der Waals surface area contributed by atoms with Gasteiger partial charge >= 0.3 is 0 Å². The van der Waals surface area contributed by atoms with Gasteiger partial charge < -0.3 is 4.90 Å². The van der Waals surface area contributed by atoms with Gasteiger partial charge in [0, 0.05) is 18.1 Å². The maximum Gasteiger partial charge on any atom is 0.164 e. The highest BCUT2D eigenvalue weighted by molar-refractivity contribution is 14.0. The number of rotatable bonds is 7. The molecule has 0 aliphatic rings. The number of nitrogens with zero attached hydrogens (tertiary/aromatic N) is 4. The summed E-state index contributed by atoms with van der Waals surface area (Å²) in [5, 5.41) is 6.18. The molecule has 0 aliphatic carbocycles. The van der Waals surface area contributed by atoms with Crippen molar-refractivity contribution in [3.8, 4) is 0 Å². The molecule has 4 nitrogen and oxygen atoms in total. The van der Waals surface area contributed by atoms with Crippen molar-refractivity contribution in [2.45, 2.75) is 19.6 Å². The summed E-state index contributed by atoms with van der Waals surface area (Å²) in [6.45, 7) is 2.22. The normalized spacial score (nSPS) is 11.2. The molecule has 4 rings (SSSR count). The van der Waals surface area contributed by atoms with Gasteiger partial charge in [-0.1, -0.05) is 96.2 Å². The Balaban J connectivity index is 0.00000306. The highest BCUT2D eigenvalue weighted by atomic mass is 127. The van der Waals surface area contributed by atoms with Crippen LogP contribution in [0.2, 0.25) is 5.02 Å². The van der Waals surface area contributed by atoms with Crippen LogP contribution in [0, 0.1) is 0 Å². The van der Waals surface area contributed by atoms with E-state index in [1.165, 1.54) is 11.1 Å². The van der Waals surface area contributed by atoms with Gasteiger partial charge in [-0.05, 0) is 35.1 Å². The second-order valence-electron chi connectivity index (χ2n) is 7.45. The summed E-state index contributed by atoms with van der Waals surface area (Å²) < 4.78 is 1.89. The van der Waals surface area contributed by atoms with Crippen molar-refractivity contribution in [1.29, 1.82) is 0 Å². The van der Waals surface area contributed by atoms with E-state index in [-0.39, 0.29) is 24.0 Å². The first kappa shape index (κ1) is 25.3. The van der Waals surface area contributed by atoms with E-state index in [1.807, 2.05) is 53.5 Å². The Morgan fingerprint density at radius 3 is 2.09 bits per heavy atom. The lowest BCUT2D eigenvalue weighted by molar-refractivity contribution is 0.415. The predicted octanol–water partition coefficient (Wildman–Crippen LogP) is 7.26. The molecule has 0 aliphatic heterocycles. The zero-order chi connectivity index (χ0) is 22.2. The Hall–Kier alpha value is -2.29. The number of aromatic nitrogens is 2. The van der Waals surface area contributed by atoms with E-state index in [0.29, 0.717) is 6.54 Å². The van der Waals surface area contributed by atoms with Crippen LogP contribution >= 0.6 is 47.3 Å². The first-order chi connectivity index (χ1) is 15.7. The lowest BCUT2D eigenvalue weighted by atomic mass is 10.2. The SMILES string of the molecule is CSC(=Nc1cnn(Cc2cccc(Cl)c2)c1)N(Cc1ccccc1)Cc1ccccc1.I. The summed E-state index contributed by atoms with van der Waals surface area (Å²) in [6.07, 6.45) is 5.85. The van der Waals surface area contributed by atoms with Crippen molar-refractivity contribution in [2.75, 3.05) is 6.26 Å². The van der Waals surface area contributed by atoms with E-state index in [1.54, 1.807) is 11.8 Å². The molecule has 0 atom stereocenters. The van der Waals surface area contributed by atoms with Crippen molar-refractivity contribution >= 4 is 58.2 Å². The summed E-state index contributed by atoms with van der Waals surface area (Å²) in [7, 11) is 0. The molecule has 0 bridgehead atoms. The topological polar surface area (TPSA) is 33.4 Å². The molecule has 0 saturated heterocycles. The largest absolute Gasteiger partial charge is 0.343 e. The minimum absolute atomic E-state index is 0. The van der Waals surface area contributed by atoms with E-state index in [9.17, 15) is 0 Å². The van der Waals surface area contributed by atoms with Gasteiger partial charge in [0.15, 0.2) is 5.17 Å². The summed E-state index contributed by atoms with van der Waals surface area (Å²) in [5.41, 5.74) is 4.45. The van der Waals surface area contributed by atoms with Gasteiger partial charge in [-0.2, -0.15) is 5.10 Å². The molecule has 0 fully saturated rings. The standard InChI is InChI=1S/C26H25ClN4S.HI/c1-32-26(29-25-16-28-31(20-25)19-23-13-8-14-24(27)15-23)30(17-21-9-4-2-5-10-21)18-22-11-6-3-7-12-22;/h2-16,20H,17-19H2,1H3;1H. The molecule has 0 N–H and O–H groups in total. The van der Waals surface area contributed by atoms with Gasteiger partial charge in [-0.15, -0.1) is 24.0 Å². The number of halogens is 2. The third-order valence-electron chi connectivity index (χ3n) is 4.96. The third kappa shape index (κ3) is 7.62. The number of hydrogen-bond acceptors (Lipinski definition) is 3. The quantitative estimate of drug-likeness (QED) is 0.129. The Morgan fingerprint density at radius 1 is 0.909 bits per heavy atom. The van der Waals surface area contributed by atoms with Crippen LogP contribution in [-0.4, -0.2) is 26.1 Å². The summed E-state index contributed by atoms with van der Waals surface area (Å²) >= 11 is 7.76. The molecule has 0 radical (unpaired) electrons. The van der Waals surface area contributed by atoms with E-state index >= 15 is 0 Å². The van der Waals surface area contributed by atoms with E-state index in [2.05, 4.69) is 64.8 Å². The van der Waals surface area contributed by atoms with Crippen LogP contribution in [0.4, 0.5) is 5.69 Å². The van der Waals surface area contributed by atoms with Crippen LogP contribution in [0.1, 0.15) is 16.7 Å². The molecule has 1 aromatic heterocycles. The van der Waals surface area contributed by atoms with Crippen molar-refractivity contribution < 1.29 is 0 Å². The Labute approximate surface area is 221 Å². The minimum atomic E-state index is 0. The van der Waals surface area contributed by atoms with Gasteiger partial charge in [0.05, 0.1) is 18.9 Å². The molecular weight excluding hydrogens is 563 g/mol. The van der Waals surface area contributed by atoms with Crippen molar-refractivity contribution in [1.82, 2.24) is 14.7 Å². The second-order valence-corrected chi connectivity index (χ2v) is 8.66. The maximum atomic E-state index is 6.11. The van der Waals surface area contributed by atoms with Gasteiger partial charge in [0.25, 0.3) is 0 Å². The third-order valence-corrected chi connectivity index (χ3v) is 5.91. The Kier molecular flexibility index (Phi) is 9.84. The Bertz CT molecular complexity index is 1120. The fourth-order valence-corrected chi connectivity index (χ4v) is 4.27. The summed E-state index contributed by atoms with van der Waals surface area (Å²) in [5.74, 6) is 0. The molecule has 7 heteroatoms. The zero-order valence-corrected chi connectivity index (χ0v) is 22.2. The first-order valence-corrected chi connectivity index (χ1v) is 12.0. The van der Waals surface area contributed by atoms with E-state index in [0.717, 1.165) is 34.5 Å². The summed E-state index contributed by atoms with van der Waals surface area (Å²) in [4.78, 5) is 7.25. The fraction of sp³-hybridized carbons (Fsp3) is 0.154. The predicted molar refractivity (Wildman–Crippen MR) is 151 cm³/mol. The fourth-order valence-electron chi connectivity index (χ4n) is 3.47. The van der Waals surface area contributed by atoms with Gasteiger partial charge in [0.2, 0.25) is 0 Å². The molecule has 3 aromatic carbocycles. The molecule has 0 amide bonds. The van der Waals surface area contributed by atoms with Gasteiger partial charge in [-0.3, -0.25) is 4.68 Å². The highest BCUT2D eigenvalue weighted by Gasteiger charge is 2.13. The molecule has 0 unspecified atom stereocenters. The average Bonchev–Trinajstić information content (AvgIpc) is 3.25. The van der Waals surface area contributed by atoms with Gasteiger partial charge in [0.1, 0.15) is 5.69 Å². The maximum absolute atomic E-state index is 6.11. The van der Waals surface area contributed by atoms with Crippen LogP contribution in [0.25, 0.3) is 0 Å². The smallest absolute Gasteiger partial charge is 0.164 e. The van der Waals surface area contributed by atoms with Crippen LogP contribution in [0.5, 0.6) is 0 Å². The molecule has 170 valence electrons. The van der Waals surface area contributed by atoms with E-state index < -0.39 is 0 Å². The lowest BCUT2D eigenvalue weighted by Gasteiger charge is -2.25. The highest BCUT2D eigenvalue weighted by Crippen LogP contribution is 2.21. The van der Waals surface area contributed by atoms with E-state index in [4.69, 9.17) is 16.6 Å². The molecule has 1 heterocycles. The molecule has 33 heavy (non-hydrogen) atoms. The monoisotopic (exact) mass is 588 g/mol. The van der Waals surface area contributed by atoms with Crippen LogP contribution in [-0.2, 0) is 19.6 Å². The zero-order valence-electron chi connectivity index (χ0n) is 18.3. The first-order valence-electron chi connectivity index (χ1n) is 10.4. The van der Waals surface area contributed by atoms with Crippen molar-refractivity contribution in [3.63, 3.8) is 0 Å². The number of thioether (sulfide) groups is 1. The van der Waals surface area contributed by atoms with Crippen molar-refractivity contribution in [3.05, 3.63) is 119 Å². The molecule has 0 spiro atoms. The average molecular weight is 589 g/mol.